The van der Waals surface area contributed by atoms with Gasteiger partial charge in [0.1, 0.15) is 11.5 Å². The molecule has 3 heterocycles. The van der Waals surface area contributed by atoms with E-state index in [0.717, 1.165) is 22.8 Å². The summed E-state index contributed by atoms with van der Waals surface area (Å²) in [5.41, 5.74) is 2.65. The highest BCUT2D eigenvalue weighted by Crippen LogP contribution is 2.17. The number of nitrogens with zero attached hydrogens (tertiary/aromatic N) is 4. The zero-order chi connectivity index (χ0) is 13.8. The number of hydrogen-bond acceptors (Lipinski definition) is 5. The topological polar surface area (TPSA) is 63.6 Å². The number of pyridine rings is 2. The molecule has 1 N–H and O–H groups in total. The highest BCUT2D eigenvalue weighted by atomic mass is 15.1. The van der Waals surface area contributed by atoms with Gasteiger partial charge < -0.3 is 5.32 Å². The maximum Gasteiger partial charge on any atom is 0.150 e. The third kappa shape index (κ3) is 2.77. The molecule has 0 aromatic carbocycles. The van der Waals surface area contributed by atoms with Crippen molar-refractivity contribution in [2.24, 2.45) is 0 Å². The van der Waals surface area contributed by atoms with Gasteiger partial charge in [0, 0.05) is 12.4 Å². The first-order chi connectivity index (χ1) is 9.81. The molecule has 3 aromatic rings. The van der Waals surface area contributed by atoms with E-state index in [1.165, 1.54) is 0 Å². The first-order valence-electron chi connectivity index (χ1n) is 6.24. The van der Waals surface area contributed by atoms with Crippen LogP contribution in [-0.2, 0) is 0 Å². The summed E-state index contributed by atoms with van der Waals surface area (Å²) in [5.74, 6) is 1.39. The number of anilines is 2. The fourth-order valence-electron chi connectivity index (χ4n) is 1.80. The minimum absolute atomic E-state index is 0.645. The van der Waals surface area contributed by atoms with Crippen LogP contribution in [-0.4, -0.2) is 19.9 Å². The van der Waals surface area contributed by atoms with E-state index in [2.05, 4.69) is 25.3 Å². The Morgan fingerprint density at radius 3 is 2.65 bits per heavy atom. The van der Waals surface area contributed by atoms with E-state index in [-0.39, 0.29) is 0 Å². The van der Waals surface area contributed by atoms with Gasteiger partial charge in [-0.05, 0) is 36.8 Å². The Kier molecular flexibility index (Phi) is 3.33. The maximum atomic E-state index is 4.49. The van der Waals surface area contributed by atoms with Crippen molar-refractivity contribution in [3.63, 3.8) is 0 Å². The molecule has 0 saturated carbocycles. The molecule has 0 radical (unpaired) electrons. The molecular formula is C15H13N5. The quantitative estimate of drug-likeness (QED) is 0.787. The zero-order valence-electron chi connectivity index (χ0n) is 11.0. The van der Waals surface area contributed by atoms with Gasteiger partial charge in [-0.2, -0.15) is 0 Å². The first-order valence-corrected chi connectivity index (χ1v) is 6.24. The van der Waals surface area contributed by atoms with Crippen LogP contribution in [0.5, 0.6) is 0 Å². The van der Waals surface area contributed by atoms with E-state index in [0.29, 0.717) is 5.82 Å². The van der Waals surface area contributed by atoms with Crippen LogP contribution in [0.3, 0.4) is 0 Å². The lowest BCUT2D eigenvalue weighted by Crippen LogP contribution is -1.98. The molecule has 0 saturated heterocycles. The predicted octanol–water partition coefficient (Wildman–Crippen LogP) is 2.99. The van der Waals surface area contributed by atoms with Crippen molar-refractivity contribution in [1.82, 2.24) is 19.9 Å². The molecule has 0 atom stereocenters. The van der Waals surface area contributed by atoms with E-state index in [1.54, 1.807) is 24.8 Å². The van der Waals surface area contributed by atoms with Gasteiger partial charge in [-0.15, -0.1) is 0 Å². The first kappa shape index (κ1) is 12.2. The SMILES string of the molecule is Cc1ccnc(Nc2cncc(-c3ccccn3)n2)c1. The normalized spacial score (nSPS) is 10.2. The van der Waals surface area contributed by atoms with Gasteiger partial charge in [-0.1, -0.05) is 6.07 Å². The van der Waals surface area contributed by atoms with Crippen LogP contribution in [0.15, 0.2) is 55.1 Å². The van der Waals surface area contributed by atoms with Crippen LogP contribution in [0.1, 0.15) is 5.56 Å². The Balaban J connectivity index is 1.88. The monoisotopic (exact) mass is 263 g/mol. The van der Waals surface area contributed by atoms with Crippen molar-refractivity contribution in [3.05, 3.63) is 60.7 Å². The standard InChI is InChI=1S/C15H13N5/c1-11-5-7-18-14(8-11)20-15-10-16-9-13(19-15)12-4-2-3-6-17-12/h2-10H,1H3,(H,18,19,20). The molecular weight excluding hydrogens is 250 g/mol. The molecule has 0 bridgehead atoms. The van der Waals surface area contributed by atoms with Gasteiger partial charge >= 0.3 is 0 Å². The number of aryl methyl sites for hydroxylation is 1. The molecule has 0 amide bonds. The second-order valence-electron chi connectivity index (χ2n) is 4.35. The molecule has 20 heavy (non-hydrogen) atoms. The van der Waals surface area contributed by atoms with E-state index >= 15 is 0 Å². The average molecular weight is 263 g/mol. The summed E-state index contributed by atoms with van der Waals surface area (Å²) in [6.45, 7) is 2.02. The fraction of sp³-hybridized carbons (Fsp3) is 0.0667. The van der Waals surface area contributed by atoms with Gasteiger partial charge in [0.05, 0.1) is 18.1 Å². The second kappa shape index (κ2) is 5.44. The van der Waals surface area contributed by atoms with E-state index in [4.69, 9.17) is 0 Å². The zero-order valence-corrected chi connectivity index (χ0v) is 11.0. The molecule has 98 valence electrons. The minimum atomic E-state index is 0.645. The highest BCUT2D eigenvalue weighted by molar-refractivity contribution is 5.58. The highest BCUT2D eigenvalue weighted by Gasteiger charge is 2.03. The van der Waals surface area contributed by atoms with Crippen LogP contribution < -0.4 is 5.32 Å². The Labute approximate surface area is 116 Å². The molecule has 0 aliphatic rings. The number of aromatic nitrogens is 4. The number of hydrogen-bond donors (Lipinski definition) is 1. The largest absolute Gasteiger partial charge is 0.324 e. The van der Waals surface area contributed by atoms with Crippen molar-refractivity contribution in [2.75, 3.05) is 5.32 Å². The van der Waals surface area contributed by atoms with Crippen LogP contribution in [0.2, 0.25) is 0 Å². The summed E-state index contributed by atoms with van der Waals surface area (Å²) in [6, 6.07) is 9.59. The predicted molar refractivity (Wildman–Crippen MR) is 77.5 cm³/mol. The second-order valence-corrected chi connectivity index (χ2v) is 4.35. The summed E-state index contributed by atoms with van der Waals surface area (Å²) >= 11 is 0. The molecule has 3 aromatic heterocycles. The molecule has 0 aliphatic carbocycles. The summed E-state index contributed by atoms with van der Waals surface area (Å²) in [4.78, 5) is 17.2. The number of nitrogens with one attached hydrogen (secondary N) is 1. The molecule has 0 unspecified atom stereocenters. The summed E-state index contributed by atoms with van der Waals surface area (Å²) in [7, 11) is 0. The lowest BCUT2D eigenvalue weighted by Gasteiger charge is -2.06. The van der Waals surface area contributed by atoms with Crippen molar-refractivity contribution in [3.8, 4) is 11.4 Å². The molecule has 0 fully saturated rings. The van der Waals surface area contributed by atoms with Crippen molar-refractivity contribution in [1.29, 1.82) is 0 Å². The molecule has 5 nitrogen and oxygen atoms in total. The van der Waals surface area contributed by atoms with Crippen molar-refractivity contribution < 1.29 is 0 Å². The van der Waals surface area contributed by atoms with Gasteiger partial charge in [0.25, 0.3) is 0 Å². The smallest absolute Gasteiger partial charge is 0.150 e. The van der Waals surface area contributed by atoms with Crippen LogP contribution in [0.4, 0.5) is 11.6 Å². The summed E-state index contributed by atoms with van der Waals surface area (Å²) < 4.78 is 0. The van der Waals surface area contributed by atoms with Crippen LogP contribution in [0.25, 0.3) is 11.4 Å². The molecule has 0 aliphatic heterocycles. The summed E-state index contributed by atoms with van der Waals surface area (Å²) in [6.07, 6.45) is 6.85. The Bertz CT molecular complexity index is 712. The maximum absolute atomic E-state index is 4.49. The van der Waals surface area contributed by atoms with E-state index in [1.807, 2.05) is 37.3 Å². The van der Waals surface area contributed by atoms with Crippen LogP contribution >= 0.6 is 0 Å². The Morgan fingerprint density at radius 2 is 1.85 bits per heavy atom. The van der Waals surface area contributed by atoms with Crippen molar-refractivity contribution >= 4 is 11.6 Å². The summed E-state index contributed by atoms with van der Waals surface area (Å²) in [5, 5.41) is 3.14. The van der Waals surface area contributed by atoms with Gasteiger partial charge in [-0.3, -0.25) is 9.97 Å². The van der Waals surface area contributed by atoms with Crippen molar-refractivity contribution in [2.45, 2.75) is 6.92 Å². The fourth-order valence-corrected chi connectivity index (χ4v) is 1.80. The molecule has 0 spiro atoms. The molecule has 3 rings (SSSR count). The van der Waals surface area contributed by atoms with Gasteiger partial charge in [-0.25, -0.2) is 9.97 Å². The third-order valence-corrected chi connectivity index (χ3v) is 2.73. The lowest BCUT2D eigenvalue weighted by atomic mass is 10.3. The van der Waals surface area contributed by atoms with E-state index < -0.39 is 0 Å². The number of rotatable bonds is 3. The molecule has 5 heteroatoms. The lowest BCUT2D eigenvalue weighted by molar-refractivity contribution is 1.16. The Hall–Kier alpha value is -2.82. The third-order valence-electron chi connectivity index (χ3n) is 2.73. The Morgan fingerprint density at radius 1 is 0.900 bits per heavy atom. The van der Waals surface area contributed by atoms with Gasteiger partial charge in [0.15, 0.2) is 5.82 Å². The van der Waals surface area contributed by atoms with Crippen LogP contribution in [0, 0.1) is 6.92 Å². The van der Waals surface area contributed by atoms with Gasteiger partial charge in [0.2, 0.25) is 0 Å². The van der Waals surface area contributed by atoms with E-state index in [9.17, 15) is 0 Å². The minimum Gasteiger partial charge on any atom is -0.324 e. The average Bonchev–Trinajstić information content (AvgIpc) is 2.48.